The molecular weight excluding hydrogens is 399 g/mol. The van der Waals surface area contributed by atoms with Gasteiger partial charge in [-0.25, -0.2) is 12.8 Å². The van der Waals surface area contributed by atoms with Gasteiger partial charge in [0.2, 0.25) is 0 Å². The zero-order valence-electron chi connectivity index (χ0n) is 16.9. The number of rotatable bonds is 6. The Balaban J connectivity index is 1.42. The number of sulfonamides is 1. The average Bonchev–Trinajstić information content (AvgIpc) is 2.74. The Morgan fingerprint density at radius 2 is 1.70 bits per heavy atom. The summed E-state index contributed by atoms with van der Waals surface area (Å²) in [7, 11) is -3.71. The van der Waals surface area contributed by atoms with Crippen LogP contribution in [-0.2, 0) is 29.4 Å². The SMILES string of the molecule is Cc1ccc(CCN2CCc3cc(S(=O)(=O)Nc4ccc(F)cc4)ccc3C2)cc1. The van der Waals surface area contributed by atoms with Gasteiger partial charge in [0.1, 0.15) is 5.82 Å². The molecule has 0 amide bonds. The van der Waals surface area contributed by atoms with Crippen LogP contribution >= 0.6 is 0 Å². The van der Waals surface area contributed by atoms with Crippen molar-refractivity contribution in [1.29, 1.82) is 0 Å². The van der Waals surface area contributed by atoms with E-state index in [0.29, 0.717) is 5.69 Å². The summed E-state index contributed by atoms with van der Waals surface area (Å²) >= 11 is 0. The first-order valence-electron chi connectivity index (χ1n) is 10.1. The Labute approximate surface area is 177 Å². The van der Waals surface area contributed by atoms with Crippen molar-refractivity contribution in [3.63, 3.8) is 0 Å². The van der Waals surface area contributed by atoms with Crippen molar-refractivity contribution in [2.75, 3.05) is 17.8 Å². The Bertz CT molecular complexity index is 1130. The Hall–Kier alpha value is -2.70. The van der Waals surface area contributed by atoms with Crippen LogP contribution in [0.25, 0.3) is 0 Å². The zero-order valence-corrected chi connectivity index (χ0v) is 17.8. The van der Waals surface area contributed by atoms with Gasteiger partial charge in [-0.05, 0) is 72.9 Å². The summed E-state index contributed by atoms with van der Waals surface area (Å²) in [5, 5.41) is 0. The van der Waals surface area contributed by atoms with E-state index in [1.165, 1.54) is 41.0 Å². The van der Waals surface area contributed by atoms with Crippen LogP contribution in [0.5, 0.6) is 0 Å². The van der Waals surface area contributed by atoms with Gasteiger partial charge in [-0.3, -0.25) is 9.62 Å². The summed E-state index contributed by atoms with van der Waals surface area (Å²) in [5.74, 6) is -0.404. The predicted molar refractivity (Wildman–Crippen MR) is 118 cm³/mol. The molecule has 0 saturated heterocycles. The van der Waals surface area contributed by atoms with Gasteiger partial charge in [-0.2, -0.15) is 0 Å². The van der Waals surface area contributed by atoms with Crippen LogP contribution in [-0.4, -0.2) is 26.4 Å². The first-order chi connectivity index (χ1) is 14.4. The number of fused-ring (bicyclic) bond motifs is 1. The van der Waals surface area contributed by atoms with Crippen molar-refractivity contribution in [3.8, 4) is 0 Å². The van der Waals surface area contributed by atoms with Crippen molar-refractivity contribution < 1.29 is 12.8 Å². The standard InChI is InChI=1S/C24H25FN2O2S/c1-18-2-4-19(5-3-18)12-14-27-15-13-20-16-24(11-6-21(20)17-27)30(28,29)26-23-9-7-22(25)8-10-23/h2-11,16,26H,12-15,17H2,1H3. The van der Waals surface area contributed by atoms with E-state index in [2.05, 4.69) is 40.8 Å². The molecule has 0 spiro atoms. The van der Waals surface area contributed by atoms with E-state index in [4.69, 9.17) is 0 Å². The van der Waals surface area contributed by atoms with Crippen LogP contribution in [0.15, 0.2) is 71.6 Å². The Morgan fingerprint density at radius 3 is 2.43 bits per heavy atom. The molecule has 0 atom stereocenters. The van der Waals surface area contributed by atoms with Gasteiger partial charge in [0.15, 0.2) is 0 Å². The van der Waals surface area contributed by atoms with E-state index >= 15 is 0 Å². The average molecular weight is 425 g/mol. The lowest BCUT2D eigenvalue weighted by Crippen LogP contribution is -2.32. The fraction of sp³-hybridized carbons (Fsp3) is 0.250. The second-order valence-electron chi connectivity index (χ2n) is 7.80. The third kappa shape index (κ3) is 4.89. The summed E-state index contributed by atoms with van der Waals surface area (Å²) in [6, 6.07) is 19.3. The highest BCUT2D eigenvalue weighted by molar-refractivity contribution is 7.92. The van der Waals surface area contributed by atoms with Gasteiger partial charge >= 0.3 is 0 Å². The van der Waals surface area contributed by atoms with Gasteiger partial charge in [-0.15, -0.1) is 0 Å². The zero-order chi connectivity index (χ0) is 21.1. The molecule has 1 aliphatic rings. The molecule has 4 rings (SSSR count). The monoisotopic (exact) mass is 424 g/mol. The highest BCUT2D eigenvalue weighted by atomic mass is 32.2. The van der Waals surface area contributed by atoms with Crippen LogP contribution in [0.3, 0.4) is 0 Å². The van der Waals surface area contributed by atoms with Gasteiger partial charge < -0.3 is 0 Å². The van der Waals surface area contributed by atoms with Crippen molar-refractivity contribution in [2.24, 2.45) is 0 Å². The van der Waals surface area contributed by atoms with Crippen molar-refractivity contribution >= 4 is 15.7 Å². The Morgan fingerprint density at radius 1 is 0.967 bits per heavy atom. The summed E-state index contributed by atoms with van der Waals surface area (Å²) in [5.41, 5.74) is 5.19. The molecule has 3 aromatic carbocycles. The molecule has 4 nitrogen and oxygen atoms in total. The number of aryl methyl sites for hydroxylation is 1. The number of benzene rings is 3. The molecule has 0 unspecified atom stereocenters. The number of anilines is 1. The maximum atomic E-state index is 13.0. The molecule has 1 N–H and O–H groups in total. The molecule has 0 aromatic heterocycles. The van der Waals surface area contributed by atoms with E-state index in [0.717, 1.165) is 38.0 Å². The lowest BCUT2D eigenvalue weighted by Gasteiger charge is -2.29. The van der Waals surface area contributed by atoms with E-state index in [9.17, 15) is 12.8 Å². The topological polar surface area (TPSA) is 49.4 Å². The third-order valence-corrected chi connectivity index (χ3v) is 6.89. The second kappa shape index (κ2) is 8.58. The largest absolute Gasteiger partial charge is 0.298 e. The minimum absolute atomic E-state index is 0.235. The lowest BCUT2D eigenvalue weighted by atomic mass is 9.99. The molecule has 1 aliphatic heterocycles. The highest BCUT2D eigenvalue weighted by Crippen LogP contribution is 2.24. The molecule has 1 heterocycles. The number of halogens is 1. The lowest BCUT2D eigenvalue weighted by molar-refractivity contribution is 0.257. The van der Waals surface area contributed by atoms with Crippen LogP contribution in [0.4, 0.5) is 10.1 Å². The Kier molecular flexibility index (Phi) is 5.88. The fourth-order valence-electron chi connectivity index (χ4n) is 3.72. The molecule has 0 saturated carbocycles. The highest BCUT2D eigenvalue weighted by Gasteiger charge is 2.20. The molecule has 0 aliphatic carbocycles. The maximum Gasteiger partial charge on any atom is 0.261 e. The van der Waals surface area contributed by atoms with Gasteiger partial charge in [0, 0.05) is 25.3 Å². The molecule has 6 heteroatoms. The molecule has 3 aromatic rings. The predicted octanol–water partition coefficient (Wildman–Crippen LogP) is 4.54. The number of nitrogens with one attached hydrogen (secondary N) is 1. The minimum atomic E-state index is -3.71. The van der Waals surface area contributed by atoms with Crippen LogP contribution < -0.4 is 4.72 Å². The fourth-order valence-corrected chi connectivity index (χ4v) is 4.83. The quantitative estimate of drug-likeness (QED) is 0.632. The van der Waals surface area contributed by atoms with Crippen molar-refractivity contribution in [3.05, 3.63) is 94.8 Å². The molecule has 0 radical (unpaired) electrons. The molecule has 30 heavy (non-hydrogen) atoms. The van der Waals surface area contributed by atoms with Crippen molar-refractivity contribution in [2.45, 2.75) is 31.2 Å². The number of hydrogen-bond donors (Lipinski definition) is 1. The molecule has 0 fully saturated rings. The normalized spacial score (nSPS) is 14.3. The van der Waals surface area contributed by atoms with Gasteiger partial charge in [0.05, 0.1) is 4.90 Å². The first kappa shape index (κ1) is 20.6. The van der Waals surface area contributed by atoms with Gasteiger partial charge in [-0.1, -0.05) is 35.9 Å². The molecule has 0 bridgehead atoms. The minimum Gasteiger partial charge on any atom is -0.298 e. The van der Waals surface area contributed by atoms with Crippen molar-refractivity contribution in [1.82, 2.24) is 4.90 Å². The molecule has 156 valence electrons. The summed E-state index contributed by atoms with van der Waals surface area (Å²) in [6.07, 6.45) is 1.83. The van der Waals surface area contributed by atoms with E-state index in [1.54, 1.807) is 12.1 Å². The second-order valence-corrected chi connectivity index (χ2v) is 9.49. The van der Waals surface area contributed by atoms with E-state index < -0.39 is 15.8 Å². The summed E-state index contributed by atoms with van der Waals surface area (Å²) in [4.78, 5) is 2.64. The van der Waals surface area contributed by atoms with E-state index in [1.807, 2.05) is 6.07 Å². The van der Waals surface area contributed by atoms with Crippen LogP contribution in [0.1, 0.15) is 22.3 Å². The van der Waals surface area contributed by atoms with Crippen LogP contribution in [0.2, 0.25) is 0 Å². The summed E-state index contributed by atoms with van der Waals surface area (Å²) in [6.45, 7) is 4.81. The van der Waals surface area contributed by atoms with Crippen LogP contribution in [0, 0.1) is 12.7 Å². The maximum absolute atomic E-state index is 13.0. The van der Waals surface area contributed by atoms with E-state index in [-0.39, 0.29) is 4.90 Å². The summed E-state index contributed by atoms with van der Waals surface area (Å²) < 4.78 is 41.0. The number of hydrogen-bond acceptors (Lipinski definition) is 3. The molecular formula is C24H25FN2O2S. The smallest absolute Gasteiger partial charge is 0.261 e. The first-order valence-corrected chi connectivity index (χ1v) is 11.6. The third-order valence-electron chi connectivity index (χ3n) is 5.51. The van der Waals surface area contributed by atoms with Gasteiger partial charge in [0.25, 0.3) is 10.0 Å². The number of nitrogens with zero attached hydrogens (tertiary/aromatic N) is 1.